The first-order valence-corrected chi connectivity index (χ1v) is 10.6. The molecule has 0 spiro atoms. The number of aromatic nitrogens is 2. The number of hydrogen-bond acceptors (Lipinski definition) is 5. The van der Waals surface area contributed by atoms with E-state index in [-0.39, 0.29) is 17.4 Å². The Morgan fingerprint density at radius 3 is 2.55 bits per heavy atom. The lowest BCUT2D eigenvalue weighted by molar-refractivity contribution is -0.132. The van der Waals surface area contributed by atoms with Gasteiger partial charge in [0.2, 0.25) is 5.91 Å². The molecule has 1 N–H and O–H groups in total. The second-order valence-electron chi connectivity index (χ2n) is 7.03. The number of thiophene rings is 1. The standard InChI is InChI=1S/C21H22N4O3S/c26-19(24-10-12-25(13-11-24)21(28)17-7-4-14-29-17)9-3-8-18-22-16-6-2-1-5-15(16)20(27)23-18/h1-2,4-7,14H,3,8-13H2,(H,22,23,27). The van der Waals surface area contributed by atoms with Crippen LogP contribution in [0.15, 0.2) is 46.6 Å². The fourth-order valence-corrected chi connectivity index (χ4v) is 4.22. The summed E-state index contributed by atoms with van der Waals surface area (Å²) >= 11 is 1.44. The van der Waals surface area contributed by atoms with E-state index < -0.39 is 0 Å². The van der Waals surface area contributed by atoms with Gasteiger partial charge in [0, 0.05) is 39.0 Å². The number of carbonyl (C=O) groups is 2. The molecule has 29 heavy (non-hydrogen) atoms. The van der Waals surface area contributed by atoms with Crippen molar-refractivity contribution in [3.05, 3.63) is 62.8 Å². The Hall–Kier alpha value is -3.00. The number of aromatic amines is 1. The van der Waals surface area contributed by atoms with Crippen molar-refractivity contribution in [3.8, 4) is 0 Å². The van der Waals surface area contributed by atoms with Gasteiger partial charge in [0.25, 0.3) is 11.5 Å². The molecule has 150 valence electrons. The Bertz CT molecular complexity index is 1070. The number of rotatable bonds is 5. The molecule has 2 aromatic heterocycles. The molecule has 7 nitrogen and oxygen atoms in total. The average molecular weight is 410 g/mol. The van der Waals surface area contributed by atoms with Crippen molar-refractivity contribution in [1.82, 2.24) is 19.8 Å². The summed E-state index contributed by atoms with van der Waals surface area (Å²) in [4.78, 5) is 48.6. The zero-order valence-corrected chi connectivity index (χ0v) is 16.8. The lowest BCUT2D eigenvalue weighted by atomic mass is 10.2. The number of hydrogen-bond donors (Lipinski definition) is 1. The summed E-state index contributed by atoms with van der Waals surface area (Å²) in [5.74, 6) is 0.725. The highest BCUT2D eigenvalue weighted by atomic mass is 32.1. The molecule has 0 atom stereocenters. The molecule has 0 unspecified atom stereocenters. The van der Waals surface area contributed by atoms with E-state index in [0.717, 1.165) is 4.88 Å². The Morgan fingerprint density at radius 1 is 1.03 bits per heavy atom. The number of benzene rings is 1. The first-order valence-electron chi connectivity index (χ1n) is 9.70. The van der Waals surface area contributed by atoms with Gasteiger partial charge in [-0.15, -0.1) is 11.3 Å². The van der Waals surface area contributed by atoms with Gasteiger partial charge >= 0.3 is 0 Å². The highest BCUT2D eigenvalue weighted by Gasteiger charge is 2.25. The maximum absolute atomic E-state index is 12.5. The summed E-state index contributed by atoms with van der Waals surface area (Å²) in [5.41, 5.74) is 0.521. The van der Waals surface area contributed by atoms with Crippen molar-refractivity contribution >= 4 is 34.1 Å². The van der Waals surface area contributed by atoms with Crippen LogP contribution < -0.4 is 5.56 Å². The molecule has 4 rings (SSSR count). The van der Waals surface area contributed by atoms with Crippen LogP contribution in [0, 0.1) is 0 Å². The largest absolute Gasteiger partial charge is 0.339 e. The lowest BCUT2D eigenvalue weighted by Gasteiger charge is -2.34. The van der Waals surface area contributed by atoms with E-state index in [1.165, 1.54) is 11.3 Å². The molecule has 3 aromatic rings. The van der Waals surface area contributed by atoms with Gasteiger partial charge in [-0.25, -0.2) is 4.98 Å². The molecule has 1 saturated heterocycles. The number of nitrogens with zero attached hydrogens (tertiary/aromatic N) is 3. The monoisotopic (exact) mass is 410 g/mol. The highest BCUT2D eigenvalue weighted by Crippen LogP contribution is 2.15. The van der Waals surface area contributed by atoms with Gasteiger partial charge in [-0.05, 0) is 30.0 Å². The summed E-state index contributed by atoms with van der Waals surface area (Å²) in [6, 6.07) is 10.9. The molecule has 1 fully saturated rings. The van der Waals surface area contributed by atoms with Crippen molar-refractivity contribution in [2.75, 3.05) is 26.2 Å². The molecular formula is C21H22N4O3S. The van der Waals surface area contributed by atoms with Crippen molar-refractivity contribution in [3.63, 3.8) is 0 Å². The van der Waals surface area contributed by atoms with Crippen LogP contribution in [-0.4, -0.2) is 57.8 Å². The molecule has 0 radical (unpaired) electrons. The fraction of sp³-hybridized carbons (Fsp3) is 0.333. The molecule has 3 heterocycles. The Labute approximate surface area is 172 Å². The van der Waals surface area contributed by atoms with E-state index in [4.69, 9.17) is 0 Å². The number of para-hydroxylation sites is 1. The second-order valence-corrected chi connectivity index (χ2v) is 7.98. The van der Waals surface area contributed by atoms with Crippen LogP contribution in [0.25, 0.3) is 10.9 Å². The van der Waals surface area contributed by atoms with Crippen molar-refractivity contribution < 1.29 is 9.59 Å². The third kappa shape index (κ3) is 4.37. The summed E-state index contributed by atoms with van der Waals surface area (Å²) in [7, 11) is 0. The molecule has 1 aliphatic rings. The second kappa shape index (κ2) is 8.57. The maximum atomic E-state index is 12.5. The highest BCUT2D eigenvalue weighted by molar-refractivity contribution is 7.12. The first kappa shape index (κ1) is 19.3. The smallest absolute Gasteiger partial charge is 0.264 e. The minimum absolute atomic E-state index is 0.0402. The average Bonchev–Trinajstić information content (AvgIpc) is 3.28. The topological polar surface area (TPSA) is 86.4 Å². The number of piperazine rings is 1. The van der Waals surface area contributed by atoms with Crippen LogP contribution in [0.4, 0.5) is 0 Å². The van der Waals surface area contributed by atoms with E-state index in [9.17, 15) is 14.4 Å². The molecule has 1 aliphatic heterocycles. The molecule has 0 aliphatic carbocycles. The Balaban J connectivity index is 1.26. The van der Waals surface area contributed by atoms with Crippen LogP contribution >= 0.6 is 11.3 Å². The summed E-state index contributed by atoms with van der Waals surface area (Å²) in [5, 5.41) is 2.47. The summed E-state index contributed by atoms with van der Waals surface area (Å²) < 4.78 is 0. The number of carbonyl (C=O) groups excluding carboxylic acids is 2. The van der Waals surface area contributed by atoms with Crippen molar-refractivity contribution in [2.24, 2.45) is 0 Å². The summed E-state index contributed by atoms with van der Waals surface area (Å²) in [6.07, 6.45) is 1.56. The molecule has 1 aromatic carbocycles. The Kier molecular flexibility index (Phi) is 5.71. The van der Waals surface area contributed by atoms with Crippen molar-refractivity contribution in [2.45, 2.75) is 19.3 Å². The van der Waals surface area contributed by atoms with Crippen molar-refractivity contribution in [1.29, 1.82) is 0 Å². The Morgan fingerprint density at radius 2 is 1.79 bits per heavy atom. The van der Waals surface area contributed by atoms with Crippen LogP contribution in [0.3, 0.4) is 0 Å². The van der Waals surface area contributed by atoms with Gasteiger partial charge in [0.1, 0.15) is 5.82 Å². The van der Waals surface area contributed by atoms with Gasteiger partial charge in [-0.1, -0.05) is 18.2 Å². The molecule has 0 saturated carbocycles. The number of nitrogens with one attached hydrogen (secondary N) is 1. The molecule has 8 heteroatoms. The fourth-order valence-electron chi connectivity index (χ4n) is 3.53. The van der Waals surface area contributed by atoms with Gasteiger partial charge in [-0.2, -0.15) is 0 Å². The van der Waals surface area contributed by atoms with Gasteiger partial charge in [-0.3, -0.25) is 14.4 Å². The minimum atomic E-state index is -0.150. The van der Waals surface area contributed by atoms with E-state index in [1.54, 1.807) is 11.0 Å². The van der Waals surface area contributed by atoms with Gasteiger partial charge in [0.15, 0.2) is 0 Å². The quantitative estimate of drug-likeness (QED) is 0.699. The predicted molar refractivity (Wildman–Crippen MR) is 112 cm³/mol. The SMILES string of the molecule is O=C(CCCc1nc2ccccc2c(=O)[nH]1)N1CCN(C(=O)c2cccs2)CC1. The molecular weight excluding hydrogens is 388 g/mol. The normalized spacial score (nSPS) is 14.3. The molecule has 0 bridgehead atoms. The van der Waals surface area contributed by atoms with Crippen LogP contribution in [0.2, 0.25) is 0 Å². The third-order valence-corrected chi connectivity index (χ3v) is 5.98. The van der Waals surface area contributed by atoms with E-state index in [1.807, 2.05) is 40.6 Å². The third-order valence-electron chi connectivity index (χ3n) is 5.12. The number of aryl methyl sites for hydroxylation is 1. The van der Waals surface area contributed by atoms with E-state index in [0.29, 0.717) is 62.2 Å². The maximum Gasteiger partial charge on any atom is 0.264 e. The van der Waals surface area contributed by atoms with Crippen LogP contribution in [0.1, 0.15) is 28.3 Å². The molecule has 2 amide bonds. The van der Waals surface area contributed by atoms with Gasteiger partial charge in [0.05, 0.1) is 15.8 Å². The minimum Gasteiger partial charge on any atom is -0.339 e. The first-order chi connectivity index (χ1) is 14.1. The van der Waals surface area contributed by atoms with Crippen LogP contribution in [-0.2, 0) is 11.2 Å². The zero-order valence-electron chi connectivity index (χ0n) is 16.0. The number of amides is 2. The summed E-state index contributed by atoms with van der Waals surface area (Å²) in [6.45, 7) is 2.23. The van der Waals surface area contributed by atoms with E-state index >= 15 is 0 Å². The number of fused-ring (bicyclic) bond motifs is 1. The van der Waals surface area contributed by atoms with Crippen LogP contribution in [0.5, 0.6) is 0 Å². The number of H-pyrrole nitrogens is 1. The van der Waals surface area contributed by atoms with Gasteiger partial charge < -0.3 is 14.8 Å². The lowest BCUT2D eigenvalue weighted by Crippen LogP contribution is -2.50. The zero-order chi connectivity index (χ0) is 20.2. The predicted octanol–water partition coefficient (Wildman–Crippen LogP) is 2.29. The van der Waals surface area contributed by atoms with E-state index in [2.05, 4.69) is 9.97 Å².